The average Bonchev–Trinajstić information content (AvgIpc) is 2.34. The van der Waals surface area contributed by atoms with Crippen LogP contribution in [-0.4, -0.2) is 37.3 Å². The lowest BCUT2D eigenvalue weighted by atomic mass is 10.0. The second-order valence-corrected chi connectivity index (χ2v) is 4.81. The third kappa shape index (κ3) is 3.67. The standard InChI is InChI=1S/C14H21NO2S/c1-10-7-11(2)14(17-4)12(8-10)5-6-15(3)13(16)9-18/h7-8,18H,5-6,9H2,1-4H3. The molecular formula is C14H21NO2S. The van der Waals surface area contributed by atoms with Gasteiger partial charge in [0, 0.05) is 13.6 Å². The fraction of sp³-hybridized carbons (Fsp3) is 0.500. The van der Waals surface area contributed by atoms with Gasteiger partial charge in [0.15, 0.2) is 0 Å². The molecule has 0 aliphatic carbocycles. The number of benzene rings is 1. The molecule has 4 heteroatoms. The van der Waals surface area contributed by atoms with Crippen molar-refractivity contribution < 1.29 is 9.53 Å². The number of hydrogen-bond acceptors (Lipinski definition) is 3. The molecule has 0 atom stereocenters. The molecule has 3 nitrogen and oxygen atoms in total. The molecule has 100 valence electrons. The molecule has 0 saturated heterocycles. The minimum Gasteiger partial charge on any atom is -0.496 e. The Morgan fingerprint density at radius 2 is 2.06 bits per heavy atom. The molecule has 0 aromatic heterocycles. The number of likely N-dealkylation sites (N-methyl/N-ethyl adjacent to an activating group) is 1. The minimum absolute atomic E-state index is 0.0432. The second kappa shape index (κ2) is 6.69. The fourth-order valence-corrected chi connectivity index (χ4v) is 2.30. The Morgan fingerprint density at radius 1 is 1.39 bits per heavy atom. The van der Waals surface area contributed by atoms with Crippen molar-refractivity contribution in [2.75, 3.05) is 26.5 Å². The van der Waals surface area contributed by atoms with Gasteiger partial charge >= 0.3 is 0 Å². The van der Waals surface area contributed by atoms with Gasteiger partial charge in [-0.15, -0.1) is 0 Å². The van der Waals surface area contributed by atoms with Gasteiger partial charge in [0.25, 0.3) is 0 Å². The molecule has 1 aromatic rings. The molecular weight excluding hydrogens is 246 g/mol. The lowest BCUT2D eigenvalue weighted by molar-refractivity contribution is -0.127. The van der Waals surface area contributed by atoms with Crippen LogP contribution in [0.3, 0.4) is 0 Å². The number of ether oxygens (including phenoxy) is 1. The zero-order valence-corrected chi connectivity index (χ0v) is 12.4. The number of hydrogen-bond donors (Lipinski definition) is 1. The van der Waals surface area contributed by atoms with Crippen molar-refractivity contribution in [2.45, 2.75) is 20.3 Å². The van der Waals surface area contributed by atoms with E-state index >= 15 is 0 Å². The lowest BCUT2D eigenvalue weighted by Crippen LogP contribution is -2.29. The molecule has 0 heterocycles. The first kappa shape index (κ1) is 14.9. The Balaban J connectivity index is 2.81. The largest absolute Gasteiger partial charge is 0.496 e. The molecule has 0 bridgehead atoms. The normalized spacial score (nSPS) is 10.3. The number of methoxy groups -OCH3 is 1. The summed E-state index contributed by atoms with van der Waals surface area (Å²) in [7, 11) is 3.48. The highest BCUT2D eigenvalue weighted by Crippen LogP contribution is 2.25. The molecule has 1 rings (SSSR count). The van der Waals surface area contributed by atoms with E-state index in [0.717, 1.165) is 23.3 Å². The zero-order valence-electron chi connectivity index (χ0n) is 11.5. The van der Waals surface area contributed by atoms with Gasteiger partial charge in [-0.3, -0.25) is 4.79 Å². The summed E-state index contributed by atoms with van der Waals surface area (Å²) in [6.45, 7) is 4.79. The third-order valence-electron chi connectivity index (χ3n) is 2.98. The molecule has 0 saturated carbocycles. The molecule has 1 aromatic carbocycles. The van der Waals surface area contributed by atoms with Crippen LogP contribution in [-0.2, 0) is 11.2 Å². The van der Waals surface area contributed by atoms with Crippen molar-refractivity contribution in [2.24, 2.45) is 0 Å². The first-order valence-corrected chi connectivity index (χ1v) is 6.61. The molecule has 0 aliphatic rings. The van der Waals surface area contributed by atoms with Gasteiger partial charge in [0.1, 0.15) is 5.75 Å². The maximum absolute atomic E-state index is 11.4. The highest BCUT2D eigenvalue weighted by molar-refractivity contribution is 7.81. The van der Waals surface area contributed by atoms with E-state index in [4.69, 9.17) is 4.74 Å². The summed E-state index contributed by atoms with van der Waals surface area (Å²) in [5.41, 5.74) is 3.50. The third-order valence-corrected chi connectivity index (χ3v) is 3.25. The summed E-state index contributed by atoms with van der Waals surface area (Å²) >= 11 is 3.99. The number of amides is 1. The summed E-state index contributed by atoms with van der Waals surface area (Å²) in [6, 6.07) is 4.22. The van der Waals surface area contributed by atoms with Crippen molar-refractivity contribution in [1.29, 1.82) is 0 Å². The molecule has 0 aliphatic heterocycles. The van der Waals surface area contributed by atoms with E-state index in [1.54, 1.807) is 19.1 Å². The van der Waals surface area contributed by atoms with Crippen LogP contribution in [0.15, 0.2) is 12.1 Å². The van der Waals surface area contributed by atoms with Crippen molar-refractivity contribution in [3.8, 4) is 5.75 Å². The van der Waals surface area contributed by atoms with Crippen LogP contribution in [0.5, 0.6) is 5.75 Å². The van der Waals surface area contributed by atoms with Crippen LogP contribution in [0.2, 0.25) is 0 Å². The number of nitrogens with zero attached hydrogens (tertiary/aromatic N) is 1. The van der Waals surface area contributed by atoms with E-state index in [2.05, 4.69) is 31.7 Å². The summed E-state index contributed by atoms with van der Waals surface area (Å²) in [4.78, 5) is 13.1. The van der Waals surface area contributed by atoms with Gasteiger partial charge in [-0.25, -0.2) is 0 Å². The molecule has 0 spiro atoms. The predicted octanol–water partition coefficient (Wildman–Crippen LogP) is 2.24. The predicted molar refractivity (Wildman–Crippen MR) is 77.7 cm³/mol. The van der Waals surface area contributed by atoms with Crippen LogP contribution in [0, 0.1) is 13.8 Å². The Bertz CT molecular complexity index is 432. The quantitative estimate of drug-likeness (QED) is 0.829. The average molecular weight is 267 g/mol. The van der Waals surface area contributed by atoms with E-state index < -0.39 is 0 Å². The smallest absolute Gasteiger partial charge is 0.232 e. The van der Waals surface area contributed by atoms with Gasteiger partial charge in [0.2, 0.25) is 5.91 Å². The van der Waals surface area contributed by atoms with E-state index in [1.165, 1.54) is 5.56 Å². The summed E-state index contributed by atoms with van der Waals surface area (Å²) < 4.78 is 5.43. The first-order chi connectivity index (χ1) is 8.49. The SMILES string of the molecule is COc1c(C)cc(C)cc1CCN(C)C(=O)CS. The van der Waals surface area contributed by atoms with E-state index in [-0.39, 0.29) is 11.7 Å². The zero-order chi connectivity index (χ0) is 13.7. The van der Waals surface area contributed by atoms with Crippen LogP contribution in [0.25, 0.3) is 0 Å². The van der Waals surface area contributed by atoms with Gasteiger partial charge in [0.05, 0.1) is 12.9 Å². The summed E-state index contributed by atoms with van der Waals surface area (Å²) in [6.07, 6.45) is 0.793. The number of thiol groups is 1. The van der Waals surface area contributed by atoms with Gasteiger partial charge in [-0.1, -0.05) is 17.7 Å². The van der Waals surface area contributed by atoms with E-state index in [1.807, 2.05) is 6.92 Å². The highest BCUT2D eigenvalue weighted by atomic mass is 32.1. The first-order valence-electron chi connectivity index (χ1n) is 5.98. The number of rotatable bonds is 5. The summed E-state index contributed by atoms with van der Waals surface area (Å²) in [5.74, 6) is 1.22. The van der Waals surface area contributed by atoms with Crippen LogP contribution < -0.4 is 4.74 Å². The topological polar surface area (TPSA) is 29.5 Å². The van der Waals surface area contributed by atoms with E-state index in [9.17, 15) is 4.79 Å². The van der Waals surface area contributed by atoms with Crippen LogP contribution >= 0.6 is 12.6 Å². The van der Waals surface area contributed by atoms with Gasteiger partial charge < -0.3 is 9.64 Å². The number of aryl methyl sites for hydroxylation is 2. The molecule has 0 fully saturated rings. The fourth-order valence-electron chi connectivity index (χ4n) is 2.05. The van der Waals surface area contributed by atoms with Crippen molar-refractivity contribution >= 4 is 18.5 Å². The van der Waals surface area contributed by atoms with Crippen molar-refractivity contribution in [3.63, 3.8) is 0 Å². The number of carbonyl (C=O) groups excluding carboxylic acids is 1. The Kier molecular flexibility index (Phi) is 5.54. The monoisotopic (exact) mass is 267 g/mol. The Hall–Kier alpha value is -1.16. The molecule has 1 amide bonds. The second-order valence-electron chi connectivity index (χ2n) is 4.50. The van der Waals surface area contributed by atoms with Crippen molar-refractivity contribution in [3.05, 3.63) is 28.8 Å². The Morgan fingerprint density at radius 3 is 2.61 bits per heavy atom. The number of carbonyl (C=O) groups is 1. The lowest BCUT2D eigenvalue weighted by Gasteiger charge is -2.18. The maximum Gasteiger partial charge on any atom is 0.232 e. The minimum atomic E-state index is 0.0432. The Labute approximate surface area is 115 Å². The molecule has 18 heavy (non-hydrogen) atoms. The van der Waals surface area contributed by atoms with Gasteiger partial charge in [-0.05, 0) is 31.4 Å². The van der Waals surface area contributed by atoms with Crippen LogP contribution in [0.1, 0.15) is 16.7 Å². The highest BCUT2D eigenvalue weighted by Gasteiger charge is 2.10. The molecule has 0 radical (unpaired) electrons. The summed E-state index contributed by atoms with van der Waals surface area (Å²) in [5, 5.41) is 0. The van der Waals surface area contributed by atoms with Crippen LogP contribution in [0.4, 0.5) is 0 Å². The van der Waals surface area contributed by atoms with Crippen molar-refractivity contribution in [1.82, 2.24) is 4.90 Å². The molecule has 0 N–H and O–H groups in total. The molecule has 0 unspecified atom stereocenters. The maximum atomic E-state index is 11.4. The van der Waals surface area contributed by atoms with E-state index in [0.29, 0.717) is 6.54 Å². The van der Waals surface area contributed by atoms with Gasteiger partial charge in [-0.2, -0.15) is 12.6 Å².